The minimum Gasteiger partial charge on any atom is -0.466 e. The van der Waals surface area contributed by atoms with Gasteiger partial charge in [-0.2, -0.15) is 0 Å². The Balaban J connectivity index is 0.00000392. The van der Waals surface area contributed by atoms with Gasteiger partial charge in [-0.25, -0.2) is 0 Å². The van der Waals surface area contributed by atoms with E-state index in [1.807, 2.05) is 14.0 Å². The smallest absolute Gasteiger partial charge is 0.310 e. The van der Waals surface area contributed by atoms with E-state index in [4.69, 9.17) is 9.47 Å². The van der Waals surface area contributed by atoms with Gasteiger partial charge in [0, 0.05) is 45.8 Å². The summed E-state index contributed by atoms with van der Waals surface area (Å²) in [6, 6.07) is 0.469. The Morgan fingerprint density at radius 1 is 1.29 bits per heavy atom. The average molecular weight is 510 g/mol. The molecule has 2 atom stereocenters. The molecule has 0 spiro atoms. The molecule has 0 aliphatic carbocycles. The predicted octanol–water partition coefficient (Wildman–Crippen LogP) is 2.20. The van der Waals surface area contributed by atoms with Crippen LogP contribution in [-0.4, -0.2) is 87.4 Å². The van der Waals surface area contributed by atoms with Crippen LogP contribution >= 0.6 is 24.0 Å². The van der Waals surface area contributed by atoms with Crippen molar-refractivity contribution in [1.29, 1.82) is 0 Å². The van der Waals surface area contributed by atoms with Gasteiger partial charge in [-0.15, -0.1) is 24.0 Å². The van der Waals surface area contributed by atoms with Crippen molar-refractivity contribution in [2.75, 3.05) is 59.6 Å². The fourth-order valence-electron chi connectivity index (χ4n) is 4.01. The Kier molecular flexibility index (Phi) is 12.3. The van der Waals surface area contributed by atoms with E-state index in [-0.39, 0.29) is 35.9 Å². The van der Waals surface area contributed by atoms with Crippen molar-refractivity contribution in [3.8, 4) is 0 Å². The number of halogens is 1. The van der Waals surface area contributed by atoms with Crippen LogP contribution in [0.25, 0.3) is 0 Å². The molecule has 2 saturated heterocycles. The number of piperidine rings is 1. The number of hydrogen-bond acceptors (Lipinski definition) is 5. The summed E-state index contributed by atoms with van der Waals surface area (Å²) >= 11 is 0. The first-order valence-electron chi connectivity index (χ1n) is 10.5. The van der Waals surface area contributed by atoms with Gasteiger partial charge in [0.25, 0.3) is 0 Å². The number of morpholine rings is 1. The maximum absolute atomic E-state index is 12.1. The Hall–Kier alpha value is -0.610. The van der Waals surface area contributed by atoms with Crippen molar-refractivity contribution in [3.05, 3.63) is 0 Å². The third-order valence-electron chi connectivity index (χ3n) is 5.35. The highest BCUT2D eigenvalue weighted by Gasteiger charge is 2.29. The number of nitrogens with one attached hydrogen (secondary N) is 1. The average Bonchev–Trinajstić information content (AvgIpc) is 2.68. The van der Waals surface area contributed by atoms with Crippen molar-refractivity contribution in [2.45, 2.75) is 46.1 Å². The molecule has 0 aromatic rings. The van der Waals surface area contributed by atoms with Crippen LogP contribution in [0, 0.1) is 11.8 Å². The summed E-state index contributed by atoms with van der Waals surface area (Å²) in [7, 11) is 1.82. The Labute approximate surface area is 187 Å². The number of hydrogen-bond donors (Lipinski definition) is 1. The lowest BCUT2D eigenvalue weighted by atomic mass is 9.98. The van der Waals surface area contributed by atoms with Crippen molar-refractivity contribution >= 4 is 35.9 Å². The lowest BCUT2D eigenvalue weighted by molar-refractivity contribution is -0.149. The van der Waals surface area contributed by atoms with E-state index in [1.165, 1.54) is 0 Å². The molecule has 8 heteroatoms. The maximum Gasteiger partial charge on any atom is 0.310 e. The third kappa shape index (κ3) is 8.02. The van der Waals surface area contributed by atoms with Crippen molar-refractivity contribution in [1.82, 2.24) is 15.1 Å². The van der Waals surface area contributed by atoms with Crippen LogP contribution in [0.4, 0.5) is 0 Å². The Morgan fingerprint density at radius 2 is 2.00 bits per heavy atom. The highest BCUT2D eigenvalue weighted by atomic mass is 127. The van der Waals surface area contributed by atoms with Gasteiger partial charge in [-0.3, -0.25) is 14.7 Å². The molecule has 164 valence electrons. The second-order valence-electron chi connectivity index (χ2n) is 7.90. The monoisotopic (exact) mass is 510 g/mol. The predicted molar refractivity (Wildman–Crippen MR) is 123 cm³/mol. The van der Waals surface area contributed by atoms with Crippen LogP contribution in [0.5, 0.6) is 0 Å². The van der Waals surface area contributed by atoms with Crippen LogP contribution in [-0.2, 0) is 14.3 Å². The van der Waals surface area contributed by atoms with E-state index in [0.717, 1.165) is 64.6 Å². The molecule has 2 fully saturated rings. The van der Waals surface area contributed by atoms with Gasteiger partial charge in [0.15, 0.2) is 5.96 Å². The second-order valence-corrected chi connectivity index (χ2v) is 7.90. The van der Waals surface area contributed by atoms with E-state index in [1.54, 1.807) is 0 Å². The van der Waals surface area contributed by atoms with Crippen molar-refractivity contribution in [3.63, 3.8) is 0 Å². The third-order valence-corrected chi connectivity index (χ3v) is 5.35. The molecule has 28 heavy (non-hydrogen) atoms. The molecule has 0 radical (unpaired) electrons. The summed E-state index contributed by atoms with van der Waals surface area (Å²) in [4.78, 5) is 21.3. The minimum absolute atomic E-state index is 0. The molecule has 2 aliphatic heterocycles. The molecular formula is C20H39IN4O3. The zero-order chi connectivity index (χ0) is 19.6. The van der Waals surface area contributed by atoms with Gasteiger partial charge >= 0.3 is 5.97 Å². The minimum atomic E-state index is -0.0799. The molecule has 2 rings (SSSR count). The molecule has 0 aromatic heterocycles. The molecule has 0 amide bonds. The molecule has 2 unspecified atom stereocenters. The van der Waals surface area contributed by atoms with Crippen molar-refractivity contribution < 1.29 is 14.3 Å². The summed E-state index contributed by atoms with van der Waals surface area (Å²) in [5.41, 5.74) is 0. The van der Waals surface area contributed by atoms with Gasteiger partial charge in [-0.1, -0.05) is 13.8 Å². The van der Waals surface area contributed by atoms with E-state index < -0.39 is 0 Å². The molecule has 7 nitrogen and oxygen atoms in total. The summed E-state index contributed by atoms with van der Waals surface area (Å²) in [5, 5.41) is 3.57. The first-order chi connectivity index (χ1) is 13.0. The number of esters is 1. The Bertz CT molecular complexity index is 484. The van der Waals surface area contributed by atoms with E-state index in [2.05, 4.69) is 34.0 Å². The lowest BCUT2D eigenvalue weighted by Crippen LogP contribution is -2.53. The number of aliphatic imine (C=N–C) groups is 1. The van der Waals surface area contributed by atoms with Gasteiger partial charge in [0.1, 0.15) is 0 Å². The first kappa shape index (κ1) is 25.4. The Morgan fingerprint density at radius 3 is 2.61 bits per heavy atom. The molecular weight excluding hydrogens is 471 g/mol. The van der Waals surface area contributed by atoms with E-state index in [9.17, 15) is 4.79 Å². The molecule has 2 aliphatic rings. The number of likely N-dealkylation sites (tertiary alicyclic amines) is 1. The number of nitrogens with zero attached hydrogens (tertiary/aromatic N) is 3. The van der Waals surface area contributed by atoms with Crippen LogP contribution in [0.1, 0.15) is 40.0 Å². The number of carbonyl (C=O) groups is 1. The summed E-state index contributed by atoms with van der Waals surface area (Å²) in [6.07, 6.45) is 3.04. The molecule has 0 saturated carbocycles. The topological polar surface area (TPSA) is 66.4 Å². The van der Waals surface area contributed by atoms with E-state index >= 15 is 0 Å². The molecule has 2 heterocycles. The highest BCUT2D eigenvalue weighted by Crippen LogP contribution is 2.18. The molecule has 1 N–H and O–H groups in total. The standard InChI is InChI=1S/C20H38N4O3.HI/c1-5-27-19(25)17-7-6-8-24(15-17)20(21-4)22-14-18(13-16(2)3)23-9-11-26-12-10-23;/h16-18H,5-15H2,1-4H3,(H,21,22);1H. The fourth-order valence-corrected chi connectivity index (χ4v) is 4.01. The van der Waals surface area contributed by atoms with Gasteiger partial charge in [0.05, 0.1) is 25.7 Å². The largest absolute Gasteiger partial charge is 0.466 e. The van der Waals surface area contributed by atoms with Crippen LogP contribution in [0.2, 0.25) is 0 Å². The SMILES string of the molecule is CCOC(=O)C1CCCN(C(=NC)NCC(CC(C)C)N2CCOCC2)C1.I. The van der Waals surface area contributed by atoms with Gasteiger partial charge in [0.2, 0.25) is 0 Å². The number of ether oxygens (including phenoxy) is 2. The normalized spacial score (nSPS) is 22.5. The summed E-state index contributed by atoms with van der Waals surface area (Å²) in [5.74, 6) is 1.41. The number of rotatable bonds is 7. The van der Waals surface area contributed by atoms with Gasteiger partial charge in [-0.05, 0) is 32.1 Å². The van der Waals surface area contributed by atoms with Crippen LogP contribution in [0.15, 0.2) is 4.99 Å². The van der Waals surface area contributed by atoms with Crippen molar-refractivity contribution in [2.24, 2.45) is 16.8 Å². The second kappa shape index (κ2) is 13.6. The molecule has 0 aromatic carbocycles. The maximum atomic E-state index is 12.1. The summed E-state index contributed by atoms with van der Waals surface area (Å²) in [6.45, 7) is 13.0. The quantitative estimate of drug-likeness (QED) is 0.245. The highest BCUT2D eigenvalue weighted by molar-refractivity contribution is 14.0. The molecule has 0 bridgehead atoms. The van der Waals surface area contributed by atoms with E-state index in [0.29, 0.717) is 25.1 Å². The van der Waals surface area contributed by atoms with Crippen LogP contribution < -0.4 is 5.32 Å². The summed E-state index contributed by atoms with van der Waals surface area (Å²) < 4.78 is 10.7. The zero-order valence-electron chi connectivity index (χ0n) is 18.0. The van der Waals surface area contributed by atoms with Gasteiger partial charge < -0.3 is 19.7 Å². The number of guanidine groups is 1. The lowest BCUT2D eigenvalue weighted by Gasteiger charge is -2.38. The number of carbonyl (C=O) groups excluding carboxylic acids is 1. The fraction of sp³-hybridized carbons (Fsp3) is 0.900. The first-order valence-corrected chi connectivity index (χ1v) is 10.5. The van der Waals surface area contributed by atoms with Crippen LogP contribution in [0.3, 0.4) is 0 Å². The zero-order valence-corrected chi connectivity index (χ0v) is 20.3.